The van der Waals surface area contributed by atoms with Crippen molar-refractivity contribution in [1.29, 1.82) is 0 Å². The van der Waals surface area contributed by atoms with Crippen LogP contribution in [0.25, 0.3) is 0 Å². The molecule has 0 aliphatic heterocycles. The lowest BCUT2D eigenvalue weighted by atomic mass is 10.6. The number of nitrogens with zero attached hydrogens (tertiary/aromatic N) is 2. The van der Waals surface area contributed by atoms with Crippen molar-refractivity contribution >= 4 is 24.1 Å². The van der Waals surface area contributed by atoms with Crippen LogP contribution in [0.15, 0.2) is 0 Å². The maximum absolute atomic E-state index is 11.0. The Bertz CT molecular complexity index is 199. The van der Waals surface area contributed by atoms with E-state index in [-0.39, 0.29) is 25.0 Å². The molecule has 0 bridgehead atoms. The van der Waals surface area contributed by atoms with Crippen LogP contribution in [0.3, 0.4) is 0 Å². The molecule has 0 N–H and O–H groups in total. The van der Waals surface area contributed by atoms with E-state index in [1.165, 1.54) is 9.80 Å². The molecule has 0 radical (unpaired) electrons. The molecule has 0 saturated carbocycles. The molecule has 88 valence electrons. The minimum Gasteiger partial charge on any atom is -0.347 e. The highest BCUT2D eigenvalue weighted by molar-refractivity contribution is 7.89. The van der Waals surface area contributed by atoms with Crippen molar-refractivity contribution in [3.8, 4) is 0 Å². The van der Waals surface area contributed by atoms with E-state index in [0.29, 0.717) is 12.3 Å². The highest BCUT2D eigenvalue weighted by atomic mass is 32.2. The number of amides is 2. The summed E-state index contributed by atoms with van der Waals surface area (Å²) in [4.78, 5) is 24.8. The fraction of sp³-hybridized carbons (Fsp3) is 0.750. The summed E-state index contributed by atoms with van der Waals surface area (Å²) in [6.07, 6.45) is 0. The number of likely N-dealkylation sites (N-methyl/N-ethyl adjacent to an activating group) is 2. The molecule has 0 aliphatic rings. The maximum Gasteiger partial charge on any atom is 0.249 e. The highest BCUT2D eigenvalue weighted by Crippen LogP contribution is 2.04. The summed E-state index contributed by atoms with van der Waals surface area (Å²) in [5, 5.41) is 0. The third-order valence-corrected chi connectivity index (χ3v) is 1.89. The van der Waals surface area contributed by atoms with E-state index in [0.717, 1.165) is 0 Å². The minimum atomic E-state index is -0.162. The lowest BCUT2D eigenvalue weighted by molar-refractivity contribution is -0.130. The molecule has 0 aromatic rings. The Morgan fingerprint density at radius 1 is 0.933 bits per heavy atom. The van der Waals surface area contributed by atoms with Crippen molar-refractivity contribution in [2.24, 2.45) is 0 Å². The quantitative estimate of drug-likeness (QED) is 0.470. The monoisotopic (exact) mass is 236 g/mol. The fourth-order valence-electron chi connectivity index (χ4n) is 0.441. The maximum atomic E-state index is 11.0. The first-order valence-electron chi connectivity index (χ1n) is 4.26. The summed E-state index contributed by atoms with van der Waals surface area (Å²) in [5.41, 5.74) is 0. The van der Waals surface area contributed by atoms with E-state index in [4.69, 9.17) is 8.37 Å². The molecular weight excluding hydrogens is 220 g/mol. The van der Waals surface area contributed by atoms with Gasteiger partial charge in [0.1, 0.15) is 13.2 Å². The number of hydrogen-bond acceptors (Lipinski definition) is 5. The summed E-state index contributed by atoms with van der Waals surface area (Å²) >= 11 is 0.650. The largest absolute Gasteiger partial charge is 0.347 e. The molecule has 0 rings (SSSR count). The smallest absolute Gasteiger partial charge is 0.249 e. The van der Waals surface area contributed by atoms with Crippen LogP contribution in [0.2, 0.25) is 0 Å². The van der Waals surface area contributed by atoms with Gasteiger partial charge >= 0.3 is 0 Å². The third kappa shape index (κ3) is 7.18. The second-order valence-electron chi connectivity index (χ2n) is 3.17. The molecular formula is C8H16N2O4S. The summed E-state index contributed by atoms with van der Waals surface area (Å²) in [6.45, 7) is -0.151. The SMILES string of the molecule is CN(C)C(=O)COSOCC(=O)N(C)C. The zero-order chi connectivity index (χ0) is 11.8. The molecule has 0 unspecified atom stereocenters. The van der Waals surface area contributed by atoms with Gasteiger partial charge in [0.2, 0.25) is 11.8 Å². The van der Waals surface area contributed by atoms with Crippen molar-refractivity contribution in [3.05, 3.63) is 0 Å². The lowest BCUT2D eigenvalue weighted by Crippen LogP contribution is -2.26. The van der Waals surface area contributed by atoms with Gasteiger partial charge in [0.25, 0.3) is 0 Å². The number of carbonyl (C=O) groups is 2. The molecule has 7 heteroatoms. The van der Waals surface area contributed by atoms with Gasteiger partial charge in [-0.15, -0.1) is 0 Å². The van der Waals surface area contributed by atoms with Crippen LogP contribution in [0, 0.1) is 0 Å². The summed E-state index contributed by atoms with van der Waals surface area (Å²) in [6, 6.07) is 0. The Labute approximate surface area is 93.9 Å². The number of carbonyl (C=O) groups excluding carboxylic acids is 2. The first kappa shape index (κ1) is 14.2. The van der Waals surface area contributed by atoms with Crippen molar-refractivity contribution in [3.63, 3.8) is 0 Å². The molecule has 0 aromatic carbocycles. The van der Waals surface area contributed by atoms with E-state index in [1.54, 1.807) is 28.2 Å². The normalized spacial score (nSPS) is 9.87. The predicted molar refractivity (Wildman–Crippen MR) is 56.9 cm³/mol. The van der Waals surface area contributed by atoms with E-state index in [2.05, 4.69) is 0 Å². The topological polar surface area (TPSA) is 59.1 Å². The first-order valence-corrected chi connectivity index (χ1v) is 4.93. The van der Waals surface area contributed by atoms with Gasteiger partial charge < -0.3 is 9.80 Å². The van der Waals surface area contributed by atoms with Crippen molar-refractivity contribution in [2.45, 2.75) is 0 Å². The molecule has 15 heavy (non-hydrogen) atoms. The van der Waals surface area contributed by atoms with Gasteiger partial charge in [-0.05, 0) is 0 Å². The molecule has 0 spiro atoms. The Morgan fingerprint density at radius 2 is 1.27 bits per heavy atom. The van der Waals surface area contributed by atoms with Crippen molar-refractivity contribution in [1.82, 2.24) is 9.80 Å². The fourth-order valence-corrected chi connectivity index (χ4v) is 0.807. The molecule has 6 nitrogen and oxygen atoms in total. The summed E-state index contributed by atoms with van der Waals surface area (Å²) in [5.74, 6) is -0.324. The van der Waals surface area contributed by atoms with Crippen molar-refractivity contribution in [2.75, 3.05) is 41.4 Å². The van der Waals surface area contributed by atoms with Crippen LogP contribution in [-0.4, -0.2) is 63.0 Å². The zero-order valence-electron chi connectivity index (χ0n) is 9.35. The Morgan fingerprint density at radius 3 is 1.53 bits per heavy atom. The van der Waals surface area contributed by atoms with Gasteiger partial charge in [0, 0.05) is 28.2 Å². The van der Waals surface area contributed by atoms with Crippen LogP contribution < -0.4 is 0 Å². The zero-order valence-corrected chi connectivity index (χ0v) is 10.2. The molecule has 0 heterocycles. The van der Waals surface area contributed by atoms with E-state index >= 15 is 0 Å². The van der Waals surface area contributed by atoms with Crippen molar-refractivity contribution < 1.29 is 18.0 Å². The van der Waals surface area contributed by atoms with Crippen LogP contribution in [0.1, 0.15) is 0 Å². The predicted octanol–water partition coefficient (Wildman–Crippen LogP) is -0.241. The molecule has 0 aromatic heterocycles. The molecule has 2 amide bonds. The standard InChI is InChI=1S/C8H16N2O4S/c1-9(2)7(11)5-13-15-14-6-8(12)10(3)4/h5-6H2,1-4H3. The van der Waals surface area contributed by atoms with Crippen LogP contribution in [0.5, 0.6) is 0 Å². The van der Waals surface area contributed by atoms with Gasteiger partial charge in [-0.1, -0.05) is 0 Å². The summed E-state index contributed by atoms with van der Waals surface area (Å²) < 4.78 is 9.64. The first-order chi connectivity index (χ1) is 6.95. The van der Waals surface area contributed by atoms with Crippen LogP contribution >= 0.6 is 12.3 Å². The number of hydrogen-bond donors (Lipinski definition) is 0. The van der Waals surface area contributed by atoms with Crippen LogP contribution in [-0.2, 0) is 18.0 Å². The minimum absolute atomic E-state index is 0.0756. The average Bonchev–Trinajstić information content (AvgIpc) is 2.16. The van der Waals surface area contributed by atoms with Gasteiger partial charge in [-0.2, -0.15) is 0 Å². The second-order valence-corrected chi connectivity index (χ2v) is 3.78. The average molecular weight is 236 g/mol. The van der Waals surface area contributed by atoms with E-state index in [9.17, 15) is 9.59 Å². The Kier molecular flexibility index (Phi) is 7.10. The van der Waals surface area contributed by atoms with E-state index < -0.39 is 0 Å². The molecule has 0 aliphatic carbocycles. The molecule has 0 fully saturated rings. The summed E-state index contributed by atoms with van der Waals surface area (Å²) in [7, 11) is 6.53. The van der Waals surface area contributed by atoms with Crippen LogP contribution in [0.4, 0.5) is 0 Å². The Balaban J connectivity index is 3.40. The second kappa shape index (κ2) is 7.49. The van der Waals surface area contributed by atoms with Gasteiger partial charge in [-0.3, -0.25) is 18.0 Å². The van der Waals surface area contributed by atoms with Gasteiger partial charge in [0.15, 0.2) is 12.3 Å². The van der Waals surface area contributed by atoms with Gasteiger partial charge in [-0.25, -0.2) is 0 Å². The molecule has 0 atom stereocenters. The number of rotatable bonds is 6. The van der Waals surface area contributed by atoms with E-state index in [1.807, 2.05) is 0 Å². The Hall–Kier alpha value is -0.790. The third-order valence-electron chi connectivity index (χ3n) is 1.46. The highest BCUT2D eigenvalue weighted by Gasteiger charge is 2.06. The lowest BCUT2D eigenvalue weighted by Gasteiger charge is -2.10. The molecule has 0 saturated heterocycles. The van der Waals surface area contributed by atoms with Gasteiger partial charge in [0.05, 0.1) is 0 Å².